The van der Waals surface area contributed by atoms with Gasteiger partial charge in [0.25, 0.3) is 0 Å². The molecule has 8 fully saturated rings. The number of amides is 2. The lowest BCUT2D eigenvalue weighted by molar-refractivity contribution is -0.140. The van der Waals surface area contributed by atoms with E-state index in [0.717, 1.165) is 38.5 Å². The fraction of sp³-hybridized carbons (Fsp3) is 0.714. The molecule has 178 valence electrons. The lowest BCUT2D eigenvalue weighted by atomic mass is 9.49. The van der Waals surface area contributed by atoms with Gasteiger partial charge in [-0.15, -0.1) is 0 Å². The zero-order valence-corrected chi connectivity index (χ0v) is 19.8. The highest BCUT2D eigenvalue weighted by atomic mass is 16.2. The van der Waals surface area contributed by atoms with Gasteiger partial charge in [0.05, 0.1) is 22.5 Å². The first-order chi connectivity index (χ1) is 16.4. The van der Waals surface area contributed by atoms with Gasteiger partial charge in [-0.2, -0.15) is 5.26 Å². The maximum Gasteiger partial charge on any atom is 0.231 e. The molecule has 1 aromatic heterocycles. The Morgan fingerprint density at radius 3 is 1.32 bits per heavy atom. The van der Waals surface area contributed by atoms with E-state index in [1.807, 2.05) is 0 Å². The monoisotopic (exact) mass is 458 g/mol. The molecule has 8 aliphatic carbocycles. The number of nitrogens with zero attached hydrogens (tertiary/aromatic N) is 2. The summed E-state index contributed by atoms with van der Waals surface area (Å²) in [7, 11) is 0. The molecule has 0 unspecified atom stereocenters. The van der Waals surface area contributed by atoms with E-state index in [9.17, 15) is 14.9 Å². The molecule has 8 aliphatic rings. The number of carbonyl (C=O) groups excluding carboxylic acids is 2. The van der Waals surface area contributed by atoms with Crippen molar-refractivity contribution in [2.24, 2.45) is 46.3 Å². The molecule has 0 atom stereocenters. The summed E-state index contributed by atoms with van der Waals surface area (Å²) in [5.74, 6) is 5.02. The van der Waals surface area contributed by atoms with Gasteiger partial charge in [-0.3, -0.25) is 9.59 Å². The predicted octanol–water partition coefficient (Wildman–Crippen LogP) is 5.26. The van der Waals surface area contributed by atoms with Crippen LogP contribution < -0.4 is 10.6 Å². The van der Waals surface area contributed by atoms with Crippen LogP contribution in [0.4, 0.5) is 11.6 Å². The molecule has 34 heavy (non-hydrogen) atoms. The summed E-state index contributed by atoms with van der Waals surface area (Å²) < 4.78 is 0. The van der Waals surface area contributed by atoms with E-state index < -0.39 is 0 Å². The van der Waals surface area contributed by atoms with Crippen LogP contribution in [-0.4, -0.2) is 16.8 Å². The fourth-order valence-corrected chi connectivity index (χ4v) is 10.00. The van der Waals surface area contributed by atoms with Crippen molar-refractivity contribution in [3.8, 4) is 6.07 Å². The summed E-state index contributed by atoms with van der Waals surface area (Å²) in [6.07, 6.45) is 13.6. The van der Waals surface area contributed by atoms with Crippen molar-refractivity contribution in [3.63, 3.8) is 0 Å². The topological polar surface area (TPSA) is 94.9 Å². The molecule has 0 aromatic carbocycles. The van der Waals surface area contributed by atoms with Gasteiger partial charge in [0.1, 0.15) is 11.6 Å². The standard InChI is InChI=1S/C28H34N4O2/c29-15-22-7-23(31-25(33)27-9-16-1-17(10-27)3-18(2-16)11-27)30-24(8-22)32-26(34)28-12-19-4-20(13-28)6-21(5-19)14-28/h7-8,16-21H,1-6,9-14H2,(H2,30,31,32,33,34). The summed E-state index contributed by atoms with van der Waals surface area (Å²) in [5.41, 5.74) is -0.139. The third-order valence-corrected chi connectivity index (χ3v) is 10.5. The fourth-order valence-electron chi connectivity index (χ4n) is 10.00. The number of pyridine rings is 1. The van der Waals surface area contributed by atoms with Gasteiger partial charge >= 0.3 is 0 Å². The first kappa shape index (κ1) is 20.9. The van der Waals surface area contributed by atoms with Crippen LogP contribution in [0.25, 0.3) is 0 Å². The summed E-state index contributed by atoms with van der Waals surface area (Å²) in [5, 5.41) is 15.8. The molecule has 1 aromatic rings. The van der Waals surface area contributed by atoms with Gasteiger partial charge < -0.3 is 10.6 Å². The summed E-state index contributed by atoms with van der Waals surface area (Å²) in [4.78, 5) is 31.6. The molecule has 2 amide bonds. The molecule has 6 nitrogen and oxygen atoms in total. The van der Waals surface area contributed by atoms with Crippen molar-refractivity contribution in [1.82, 2.24) is 4.98 Å². The van der Waals surface area contributed by atoms with Gasteiger partial charge in [0, 0.05) is 0 Å². The smallest absolute Gasteiger partial charge is 0.231 e. The number of hydrogen-bond acceptors (Lipinski definition) is 4. The second-order valence-electron chi connectivity index (χ2n) is 13.0. The van der Waals surface area contributed by atoms with E-state index in [1.165, 1.54) is 38.5 Å². The molecule has 2 N–H and O–H groups in total. The number of nitriles is 1. The van der Waals surface area contributed by atoms with Crippen LogP contribution in [0, 0.1) is 57.7 Å². The normalized spacial score (nSPS) is 42.9. The highest BCUT2D eigenvalue weighted by Gasteiger charge is 2.56. The van der Waals surface area contributed by atoms with Gasteiger partial charge in [-0.05, 0) is 125 Å². The van der Waals surface area contributed by atoms with Crippen molar-refractivity contribution in [2.45, 2.75) is 77.0 Å². The molecule has 0 spiro atoms. The molecule has 8 saturated carbocycles. The van der Waals surface area contributed by atoms with Gasteiger partial charge in [0.15, 0.2) is 0 Å². The zero-order valence-electron chi connectivity index (χ0n) is 19.8. The largest absolute Gasteiger partial charge is 0.310 e. The Hall–Kier alpha value is -2.42. The van der Waals surface area contributed by atoms with Crippen LogP contribution in [0.5, 0.6) is 0 Å². The van der Waals surface area contributed by atoms with E-state index in [2.05, 4.69) is 21.7 Å². The van der Waals surface area contributed by atoms with Crippen molar-refractivity contribution in [1.29, 1.82) is 5.26 Å². The summed E-state index contributed by atoms with van der Waals surface area (Å²) in [6, 6.07) is 5.46. The van der Waals surface area contributed by atoms with Crippen LogP contribution in [0.15, 0.2) is 12.1 Å². The van der Waals surface area contributed by atoms with Crippen molar-refractivity contribution >= 4 is 23.5 Å². The molecule has 9 rings (SSSR count). The lowest BCUT2D eigenvalue weighted by Crippen LogP contribution is -2.52. The number of aromatic nitrogens is 1. The Kier molecular flexibility index (Phi) is 4.48. The first-order valence-corrected chi connectivity index (χ1v) is 13.5. The van der Waals surface area contributed by atoms with E-state index in [4.69, 9.17) is 0 Å². The average molecular weight is 459 g/mol. The number of anilines is 2. The third-order valence-electron chi connectivity index (χ3n) is 10.5. The SMILES string of the molecule is N#Cc1cc(NC(=O)C23CC4CC(CC(C4)C2)C3)nc(NC(=O)C23CC4CC(CC(C4)C2)C3)c1. The minimum atomic E-state index is -0.276. The summed E-state index contributed by atoms with van der Waals surface area (Å²) >= 11 is 0. The van der Waals surface area contributed by atoms with Crippen LogP contribution >= 0.6 is 0 Å². The predicted molar refractivity (Wildman–Crippen MR) is 127 cm³/mol. The Morgan fingerprint density at radius 2 is 1.03 bits per heavy atom. The first-order valence-electron chi connectivity index (χ1n) is 13.5. The molecule has 0 saturated heterocycles. The van der Waals surface area contributed by atoms with E-state index in [0.29, 0.717) is 52.7 Å². The van der Waals surface area contributed by atoms with Gasteiger partial charge in [-0.1, -0.05) is 0 Å². The minimum absolute atomic E-state index is 0.0625. The minimum Gasteiger partial charge on any atom is -0.310 e. The Balaban J connectivity index is 1.11. The van der Waals surface area contributed by atoms with Gasteiger partial charge in [0.2, 0.25) is 11.8 Å². The molecule has 6 heteroatoms. The molecule has 1 heterocycles. The highest BCUT2D eigenvalue weighted by molar-refractivity contribution is 5.97. The second-order valence-corrected chi connectivity index (χ2v) is 13.0. The van der Waals surface area contributed by atoms with Crippen molar-refractivity contribution in [3.05, 3.63) is 17.7 Å². The summed E-state index contributed by atoms with van der Waals surface area (Å²) in [6.45, 7) is 0. The maximum absolute atomic E-state index is 13.5. The average Bonchev–Trinajstić information content (AvgIpc) is 2.77. The molecule has 0 radical (unpaired) electrons. The maximum atomic E-state index is 13.5. The lowest BCUT2D eigenvalue weighted by Gasteiger charge is -2.55. The number of nitrogens with one attached hydrogen (secondary N) is 2. The van der Waals surface area contributed by atoms with Crippen LogP contribution in [0.1, 0.15) is 82.6 Å². The quantitative estimate of drug-likeness (QED) is 0.643. The number of hydrogen-bond donors (Lipinski definition) is 2. The van der Waals surface area contributed by atoms with Crippen molar-refractivity contribution < 1.29 is 9.59 Å². The zero-order chi connectivity index (χ0) is 23.1. The third kappa shape index (κ3) is 3.30. The van der Waals surface area contributed by atoms with E-state index >= 15 is 0 Å². The molecule has 0 aliphatic heterocycles. The number of carbonyl (C=O) groups is 2. The van der Waals surface area contributed by atoms with Crippen LogP contribution in [-0.2, 0) is 9.59 Å². The van der Waals surface area contributed by atoms with E-state index in [-0.39, 0.29) is 22.6 Å². The second kappa shape index (κ2) is 7.29. The van der Waals surface area contributed by atoms with E-state index in [1.54, 1.807) is 12.1 Å². The Bertz CT molecular complexity index is 955. The molecular weight excluding hydrogens is 424 g/mol. The highest BCUT2D eigenvalue weighted by Crippen LogP contribution is 2.61. The molecule has 8 bridgehead atoms. The molecular formula is C28H34N4O2. The van der Waals surface area contributed by atoms with Crippen LogP contribution in [0.3, 0.4) is 0 Å². The Labute approximate surface area is 201 Å². The van der Waals surface area contributed by atoms with Crippen LogP contribution in [0.2, 0.25) is 0 Å². The number of rotatable bonds is 4. The van der Waals surface area contributed by atoms with Crippen molar-refractivity contribution in [2.75, 3.05) is 10.6 Å². The Morgan fingerprint density at radius 1 is 0.706 bits per heavy atom. The van der Waals surface area contributed by atoms with Gasteiger partial charge in [-0.25, -0.2) is 4.98 Å².